The molecule has 0 aromatic heterocycles. The topological polar surface area (TPSA) is 38.5 Å². The first-order chi connectivity index (χ1) is 9.24. The number of hydrogen-bond acceptors (Lipinski definition) is 3. The summed E-state index contributed by atoms with van der Waals surface area (Å²) in [5.41, 5.74) is 8.34. The lowest BCUT2D eigenvalue weighted by Gasteiger charge is -2.36. The van der Waals surface area contributed by atoms with Crippen molar-refractivity contribution in [1.82, 2.24) is 4.90 Å². The molecular formula is C16H27ClN2O. The molecule has 1 aliphatic heterocycles. The number of rotatable bonds is 5. The number of likely N-dealkylation sites (tertiary alicyclic amines) is 1. The lowest BCUT2D eigenvalue weighted by atomic mass is 9.98. The zero-order valence-electron chi connectivity index (χ0n) is 12.6. The van der Waals surface area contributed by atoms with Crippen LogP contribution in [-0.4, -0.2) is 31.1 Å². The van der Waals surface area contributed by atoms with Crippen molar-refractivity contribution in [3.05, 3.63) is 29.3 Å². The van der Waals surface area contributed by atoms with Crippen LogP contribution in [0.15, 0.2) is 18.2 Å². The van der Waals surface area contributed by atoms with Crippen LogP contribution in [0, 0.1) is 6.92 Å². The number of hydrogen-bond donors (Lipinski definition) is 1. The van der Waals surface area contributed by atoms with Crippen molar-refractivity contribution in [2.24, 2.45) is 5.73 Å². The van der Waals surface area contributed by atoms with Gasteiger partial charge in [0.1, 0.15) is 5.75 Å². The van der Waals surface area contributed by atoms with Gasteiger partial charge in [-0.05, 0) is 45.3 Å². The van der Waals surface area contributed by atoms with Crippen molar-refractivity contribution in [2.75, 3.05) is 20.2 Å². The molecule has 1 fully saturated rings. The van der Waals surface area contributed by atoms with Crippen LogP contribution < -0.4 is 10.5 Å². The molecule has 1 unspecified atom stereocenters. The zero-order valence-corrected chi connectivity index (χ0v) is 13.4. The van der Waals surface area contributed by atoms with E-state index >= 15 is 0 Å². The van der Waals surface area contributed by atoms with E-state index in [2.05, 4.69) is 30.0 Å². The van der Waals surface area contributed by atoms with Gasteiger partial charge in [0, 0.05) is 18.2 Å². The van der Waals surface area contributed by atoms with E-state index in [1.165, 1.54) is 36.9 Å². The summed E-state index contributed by atoms with van der Waals surface area (Å²) < 4.78 is 5.49. The number of ether oxygens (including phenoxy) is 1. The number of nitrogens with zero attached hydrogens (tertiary/aromatic N) is 1. The molecule has 0 spiro atoms. The van der Waals surface area contributed by atoms with Gasteiger partial charge in [-0.15, -0.1) is 12.4 Å². The Balaban J connectivity index is 0.00000200. The maximum Gasteiger partial charge on any atom is 0.123 e. The maximum atomic E-state index is 5.74. The lowest BCUT2D eigenvalue weighted by molar-refractivity contribution is 0.133. The number of benzene rings is 1. The summed E-state index contributed by atoms with van der Waals surface area (Å²) in [5.74, 6) is 1.00. The van der Waals surface area contributed by atoms with Crippen LogP contribution in [0.3, 0.4) is 0 Å². The Labute approximate surface area is 128 Å². The average Bonchev–Trinajstić information content (AvgIpc) is 2.42. The molecule has 0 bridgehead atoms. The van der Waals surface area contributed by atoms with E-state index in [4.69, 9.17) is 10.5 Å². The van der Waals surface area contributed by atoms with Crippen LogP contribution in [0.25, 0.3) is 0 Å². The van der Waals surface area contributed by atoms with E-state index in [1.807, 2.05) is 0 Å². The minimum absolute atomic E-state index is 0. The molecule has 1 aromatic rings. The molecule has 1 aliphatic rings. The van der Waals surface area contributed by atoms with Gasteiger partial charge in [0.15, 0.2) is 0 Å². The molecule has 1 atom stereocenters. The second-order valence-corrected chi connectivity index (χ2v) is 5.51. The zero-order chi connectivity index (χ0) is 13.7. The first-order valence-corrected chi connectivity index (χ1v) is 7.32. The summed E-state index contributed by atoms with van der Waals surface area (Å²) in [7, 11) is 1.75. The molecule has 1 heterocycles. The molecule has 2 rings (SSSR count). The molecule has 3 nitrogen and oxygen atoms in total. The quantitative estimate of drug-likeness (QED) is 0.907. The molecule has 1 aromatic carbocycles. The van der Waals surface area contributed by atoms with Gasteiger partial charge in [-0.2, -0.15) is 0 Å². The van der Waals surface area contributed by atoms with Gasteiger partial charge >= 0.3 is 0 Å². The third kappa shape index (κ3) is 4.37. The van der Waals surface area contributed by atoms with Crippen molar-refractivity contribution in [2.45, 2.75) is 45.2 Å². The Bertz CT molecular complexity index is 409. The molecular weight excluding hydrogens is 272 g/mol. The smallest absolute Gasteiger partial charge is 0.123 e. The molecule has 0 aliphatic carbocycles. The van der Waals surface area contributed by atoms with Crippen LogP contribution in [0.2, 0.25) is 0 Å². The SMILES string of the molecule is COc1ccc(C)cc1CN1CCCCC1CCN.Cl. The third-order valence-electron chi connectivity index (χ3n) is 4.06. The predicted octanol–water partition coefficient (Wildman–Crippen LogP) is 3.13. The highest BCUT2D eigenvalue weighted by molar-refractivity contribution is 5.85. The Kier molecular flexibility index (Phi) is 7.35. The summed E-state index contributed by atoms with van der Waals surface area (Å²) >= 11 is 0. The summed E-state index contributed by atoms with van der Waals surface area (Å²) in [4.78, 5) is 2.58. The average molecular weight is 299 g/mol. The number of piperidine rings is 1. The lowest BCUT2D eigenvalue weighted by Crippen LogP contribution is -2.40. The number of nitrogens with two attached hydrogens (primary N) is 1. The molecule has 0 amide bonds. The van der Waals surface area contributed by atoms with E-state index in [0.717, 1.165) is 25.3 Å². The number of aryl methyl sites for hydroxylation is 1. The molecule has 114 valence electrons. The predicted molar refractivity (Wildman–Crippen MR) is 86.7 cm³/mol. The summed E-state index contributed by atoms with van der Waals surface area (Å²) in [6, 6.07) is 7.07. The summed E-state index contributed by atoms with van der Waals surface area (Å²) in [6.07, 6.45) is 5.03. The fourth-order valence-corrected chi connectivity index (χ4v) is 3.04. The molecule has 1 saturated heterocycles. The van der Waals surface area contributed by atoms with E-state index in [9.17, 15) is 0 Å². The minimum Gasteiger partial charge on any atom is -0.496 e. The molecule has 0 radical (unpaired) electrons. The van der Waals surface area contributed by atoms with Crippen LogP contribution >= 0.6 is 12.4 Å². The van der Waals surface area contributed by atoms with Gasteiger partial charge in [-0.1, -0.05) is 24.1 Å². The normalized spacial score (nSPS) is 19.4. The van der Waals surface area contributed by atoms with Crippen molar-refractivity contribution in [1.29, 1.82) is 0 Å². The first kappa shape index (κ1) is 17.3. The molecule has 4 heteroatoms. The van der Waals surface area contributed by atoms with Crippen molar-refractivity contribution in [3.63, 3.8) is 0 Å². The standard InChI is InChI=1S/C16H26N2O.ClH/c1-13-6-7-16(19-2)14(11-13)12-18-10-4-3-5-15(18)8-9-17;/h6-7,11,15H,3-5,8-10,12,17H2,1-2H3;1H. The fraction of sp³-hybridized carbons (Fsp3) is 0.625. The molecule has 2 N–H and O–H groups in total. The highest BCUT2D eigenvalue weighted by Gasteiger charge is 2.22. The Morgan fingerprint density at radius 3 is 2.85 bits per heavy atom. The van der Waals surface area contributed by atoms with Gasteiger partial charge in [0.25, 0.3) is 0 Å². The first-order valence-electron chi connectivity index (χ1n) is 7.32. The minimum atomic E-state index is 0. The second kappa shape index (κ2) is 8.50. The van der Waals surface area contributed by atoms with Crippen LogP contribution in [0.4, 0.5) is 0 Å². The van der Waals surface area contributed by atoms with Crippen molar-refractivity contribution >= 4 is 12.4 Å². The highest BCUT2D eigenvalue weighted by atomic mass is 35.5. The van der Waals surface area contributed by atoms with Crippen molar-refractivity contribution in [3.8, 4) is 5.75 Å². The fourth-order valence-electron chi connectivity index (χ4n) is 3.04. The highest BCUT2D eigenvalue weighted by Crippen LogP contribution is 2.26. The Morgan fingerprint density at radius 1 is 1.35 bits per heavy atom. The van der Waals surface area contributed by atoms with Crippen LogP contribution in [0.5, 0.6) is 5.75 Å². The van der Waals surface area contributed by atoms with Gasteiger partial charge in [-0.3, -0.25) is 4.90 Å². The maximum absolute atomic E-state index is 5.74. The van der Waals surface area contributed by atoms with Gasteiger partial charge in [-0.25, -0.2) is 0 Å². The van der Waals surface area contributed by atoms with E-state index in [-0.39, 0.29) is 12.4 Å². The Morgan fingerprint density at radius 2 is 2.15 bits per heavy atom. The van der Waals surface area contributed by atoms with E-state index in [1.54, 1.807) is 7.11 Å². The van der Waals surface area contributed by atoms with E-state index in [0.29, 0.717) is 6.04 Å². The largest absolute Gasteiger partial charge is 0.496 e. The van der Waals surface area contributed by atoms with Crippen LogP contribution in [-0.2, 0) is 6.54 Å². The molecule has 0 saturated carbocycles. The van der Waals surface area contributed by atoms with Crippen LogP contribution in [0.1, 0.15) is 36.8 Å². The second-order valence-electron chi connectivity index (χ2n) is 5.51. The van der Waals surface area contributed by atoms with Gasteiger partial charge in [0.05, 0.1) is 7.11 Å². The van der Waals surface area contributed by atoms with Crippen molar-refractivity contribution < 1.29 is 4.74 Å². The summed E-state index contributed by atoms with van der Waals surface area (Å²) in [6.45, 7) is 5.08. The van der Waals surface area contributed by atoms with Gasteiger partial charge < -0.3 is 10.5 Å². The molecule has 20 heavy (non-hydrogen) atoms. The Hall–Kier alpha value is -0.770. The van der Waals surface area contributed by atoms with Gasteiger partial charge in [0.2, 0.25) is 0 Å². The number of halogens is 1. The third-order valence-corrected chi connectivity index (χ3v) is 4.06. The monoisotopic (exact) mass is 298 g/mol. The number of methoxy groups -OCH3 is 1. The van der Waals surface area contributed by atoms with E-state index < -0.39 is 0 Å². The summed E-state index contributed by atoms with van der Waals surface area (Å²) in [5, 5.41) is 0.